The second kappa shape index (κ2) is 5.29. The van der Waals surface area contributed by atoms with Crippen LogP contribution in [-0.4, -0.2) is 4.98 Å². The van der Waals surface area contributed by atoms with Gasteiger partial charge in [0.25, 0.3) is 0 Å². The van der Waals surface area contributed by atoms with Gasteiger partial charge in [-0.05, 0) is 37.1 Å². The first-order valence-corrected chi connectivity index (χ1v) is 7.58. The van der Waals surface area contributed by atoms with E-state index in [9.17, 15) is 4.39 Å². The molecule has 1 aromatic carbocycles. The number of thiazole rings is 1. The molecule has 19 heavy (non-hydrogen) atoms. The van der Waals surface area contributed by atoms with Crippen LogP contribution in [0.25, 0.3) is 11.3 Å². The molecule has 0 unspecified atom stereocenters. The fourth-order valence-corrected chi connectivity index (χ4v) is 3.71. The van der Waals surface area contributed by atoms with Crippen molar-refractivity contribution in [1.82, 2.24) is 4.98 Å². The van der Waals surface area contributed by atoms with Crippen molar-refractivity contribution in [1.29, 1.82) is 0 Å². The Kier molecular flexibility index (Phi) is 3.51. The van der Waals surface area contributed by atoms with Crippen molar-refractivity contribution in [2.24, 2.45) is 0 Å². The highest BCUT2D eigenvalue weighted by Crippen LogP contribution is 2.39. The Balaban J connectivity index is 1.90. The van der Waals surface area contributed by atoms with Gasteiger partial charge in [0, 0.05) is 11.5 Å². The van der Waals surface area contributed by atoms with Crippen molar-refractivity contribution >= 4 is 16.3 Å². The fraction of sp³-hybridized carbons (Fsp3) is 0.400. The zero-order valence-corrected chi connectivity index (χ0v) is 11.5. The zero-order chi connectivity index (χ0) is 13.2. The van der Waals surface area contributed by atoms with Gasteiger partial charge in [0.15, 0.2) is 0 Å². The zero-order valence-electron chi connectivity index (χ0n) is 10.7. The Morgan fingerprint density at radius 2 is 1.79 bits per heavy atom. The van der Waals surface area contributed by atoms with E-state index in [1.165, 1.54) is 44.2 Å². The summed E-state index contributed by atoms with van der Waals surface area (Å²) in [5.74, 6) is 0.334. The summed E-state index contributed by atoms with van der Waals surface area (Å²) in [6, 6.07) is 6.39. The molecular weight excluding hydrogens is 259 g/mol. The van der Waals surface area contributed by atoms with Crippen LogP contribution in [0.15, 0.2) is 24.3 Å². The number of hydrogen-bond acceptors (Lipinski definition) is 3. The highest BCUT2D eigenvalue weighted by atomic mass is 32.1. The standard InChI is InChI=1S/C15H17FN2S/c16-12-8-6-10(7-9-12)13-14(17)19-15(18-13)11-4-2-1-3-5-11/h6-9,11H,1-5,17H2. The van der Waals surface area contributed by atoms with E-state index < -0.39 is 0 Å². The quantitative estimate of drug-likeness (QED) is 0.872. The second-order valence-corrected chi connectivity index (χ2v) is 6.17. The average Bonchev–Trinajstić information content (AvgIpc) is 2.83. The van der Waals surface area contributed by atoms with E-state index in [1.54, 1.807) is 23.5 Å². The topological polar surface area (TPSA) is 38.9 Å². The monoisotopic (exact) mass is 276 g/mol. The van der Waals surface area contributed by atoms with Gasteiger partial charge >= 0.3 is 0 Å². The molecule has 1 fully saturated rings. The third-order valence-corrected chi connectivity index (χ3v) is 4.79. The van der Waals surface area contributed by atoms with Gasteiger partial charge in [0.05, 0.1) is 5.01 Å². The molecule has 0 aliphatic heterocycles. The predicted molar refractivity (Wildman–Crippen MR) is 77.7 cm³/mol. The van der Waals surface area contributed by atoms with Gasteiger partial charge in [-0.2, -0.15) is 0 Å². The molecule has 0 radical (unpaired) electrons. The van der Waals surface area contributed by atoms with Crippen molar-refractivity contribution in [3.8, 4) is 11.3 Å². The summed E-state index contributed by atoms with van der Waals surface area (Å²) in [4.78, 5) is 4.70. The highest BCUT2D eigenvalue weighted by Gasteiger charge is 2.21. The molecule has 100 valence electrons. The molecule has 2 nitrogen and oxygen atoms in total. The average molecular weight is 276 g/mol. The Morgan fingerprint density at radius 1 is 1.11 bits per heavy atom. The normalized spacial score (nSPS) is 16.7. The molecule has 0 spiro atoms. The molecule has 2 aromatic rings. The largest absolute Gasteiger partial charge is 0.389 e. The lowest BCUT2D eigenvalue weighted by atomic mass is 9.90. The lowest BCUT2D eigenvalue weighted by molar-refractivity contribution is 0.442. The summed E-state index contributed by atoms with van der Waals surface area (Å²) in [6.07, 6.45) is 6.35. The van der Waals surface area contributed by atoms with E-state index in [1.807, 2.05) is 0 Å². The van der Waals surface area contributed by atoms with Gasteiger partial charge in [-0.25, -0.2) is 9.37 Å². The van der Waals surface area contributed by atoms with Crippen LogP contribution >= 0.6 is 11.3 Å². The number of nitrogens with two attached hydrogens (primary N) is 1. The predicted octanol–water partition coefficient (Wildman–Crippen LogP) is 4.58. The third-order valence-electron chi connectivity index (χ3n) is 3.74. The van der Waals surface area contributed by atoms with Gasteiger partial charge < -0.3 is 5.73 Å². The van der Waals surface area contributed by atoms with E-state index in [0.717, 1.165) is 21.3 Å². The molecule has 4 heteroatoms. The summed E-state index contributed by atoms with van der Waals surface area (Å²) in [6.45, 7) is 0. The van der Waals surface area contributed by atoms with Crippen LogP contribution in [0.2, 0.25) is 0 Å². The molecule has 1 heterocycles. The molecule has 1 aliphatic rings. The number of rotatable bonds is 2. The van der Waals surface area contributed by atoms with E-state index >= 15 is 0 Å². The second-order valence-electron chi connectivity index (χ2n) is 5.11. The van der Waals surface area contributed by atoms with E-state index in [0.29, 0.717) is 5.92 Å². The maximum absolute atomic E-state index is 12.9. The first-order valence-electron chi connectivity index (χ1n) is 6.76. The van der Waals surface area contributed by atoms with E-state index in [-0.39, 0.29) is 5.82 Å². The number of nitrogen functional groups attached to an aromatic ring is 1. The van der Waals surface area contributed by atoms with Gasteiger partial charge in [-0.3, -0.25) is 0 Å². The molecule has 1 aliphatic carbocycles. The third kappa shape index (κ3) is 2.63. The minimum atomic E-state index is -0.231. The van der Waals surface area contributed by atoms with Crippen molar-refractivity contribution < 1.29 is 4.39 Å². The molecule has 1 saturated carbocycles. The van der Waals surface area contributed by atoms with Gasteiger partial charge in [-0.1, -0.05) is 19.3 Å². The van der Waals surface area contributed by atoms with E-state index in [4.69, 9.17) is 10.7 Å². The van der Waals surface area contributed by atoms with Gasteiger partial charge in [0.2, 0.25) is 0 Å². The van der Waals surface area contributed by atoms with Crippen molar-refractivity contribution in [2.75, 3.05) is 5.73 Å². The molecule has 0 bridgehead atoms. The number of benzene rings is 1. The molecule has 0 amide bonds. The Bertz CT molecular complexity index is 556. The number of anilines is 1. The summed E-state index contributed by atoms with van der Waals surface area (Å²) >= 11 is 1.59. The summed E-state index contributed by atoms with van der Waals surface area (Å²) in [5.41, 5.74) is 7.79. The lowest BCUT2D eigenvalue weighted by Gasteiger charge is -2.18. The van der Waals surface area contributed by atoms with Crippen LogP contribution in [0.1, 0.15) is 43.0 Å². The van der Waals surface area contributed by atoms with Gasteiger partial charge in [0.1, 0.15) is 16.5 Å². The summed E-state index contributed by atoms with van der Waals surface area (Å²) in [5, 5.41) is 1.89. The summed E-state index contributed by atoms with van der Waals surface area (Å²) < 4.78 is 12.9. The number of aromatic nitrogens is 1. The van der Waals surface area contributed by atoms with Crippen LogP contribution in [0.5, 0.6) is 0 Å². The van der Waals surface area contributed by atoms with Crippen LogP contribution in [0, 0.1) is 5.82 Å². The van der Waals surface area contributed by atoms with Crippen LogP contribution in [0.4, 0.5) is 9.39 Å². The Labute approximate surface area is 116 Å². The molecule has 0 saturated heterocycles. The maximum Gasteiger partial charge on any atom is 0.123 e. The van der Waals surface area contributed by atoms with Gasteiger partial charge in [-0.15, -0.1) is 11.3 Å². The fourth-order valence-electron chi connectivity index (χ4n) is 2.69. The van der Waals surface area contributed by atoms with E-state index in [2.05, 4.69) is 0 Å². The first kappa shape index (κ1) is 12.6. The lowest BCUT2D eigenvalue weighted by Crippen LogP contribution is -2.03. The Hall–Kier alpha value is -1.42. The van der Waals surface area contributed by atoms with Crippen LogP contribution in [0.3, 0.4) is 0 Å². The molecule has 0 atom stereocenters. The molecular formula is C15H17FN2S. The maximum atomic E-state index is 12.9. The molecule has 1 aromatic heterocycles. The molecule has 3 rings (SSSR count). The first-order chi connectivity index (χ1) is 9.24. The van der Waals surface area contributed by atoms with Crippen molar-refractivity contribution in [3.05, 3.63) is 35.1 Å². The number of hydrogen-bond donors (Lipinski definition) is 1. The SMILES string of the molecule is Nc1sc(C2CCCCC2)nc1-c1ccc(F)cc1. The minimum absolute atomic E-state index is 0.231. The minimum Gasteiger partial charge on any atom is -0.389 e. The smallest absolute Gasteiger partial charge is 0.123 e. The van der Waals surface area contributed by atoms with Crippen molar-refractivity contribution in [2.45, 2.75) is 38.0 Å². The number of halogens is 1. The van der Waals surface area contributed by atoms with Crippen LogP contribution < -0.4 is 5.73 Å². The summed E-state index contributed by atoms with van der Waals surface area (Å²) in [7, 11) is 0. The van der Waals surface area contributed by atoms with Crippen molar-refractivity contribution in [3.63, 3.8) is 0 Å². The Morgan fingerprint density at radius 3 is 2.47 bits per heavy atom. The molecule has 2 N–H and O–H groups in total. The highest BCUT2D eigenvalue weighted by molar-refractivity contribution is 7.16. The number of nitrogens with zero attached hydrogens (tertiary/aromatic N) is 1. The van der Waals surface area contributed by atoms with Crippen LogP contribution in [-0.2, 0) is 0 Å².